The molecule has 0 aromatic carbocycles. The highest BCUT2D eigenvalue weighted by Gasteiger charge is 2.28. The van der Waals surface area contributed by atoms with E-state index in [2.05, 4.69) is 20.5 Å². The Hall–Kier alpha value is -3.49. The summed E-state index contributed by atoms with van der Waals surface area (Å²) in [5.41, 5.74) is 2.73. The maximum absolute atomic E-state index is 12.1. The van der Waals surface area contributed by atoms with Crippen molar-refractivity contribution < 1.29 is 18.3 Å². The van der Waals surface area contributed by atoms with E-state index in [4.69, 9.17) is 4.74 Å². The number of rotatable bonds is 8. The van der Waals surface area contributed by atoms with E-state index in [1.54, 1.807) is 16.9 Å². The van der Waals surface area contributed by atoms with Crippen molar-refractivity contribution in [2.45, 2.75) is 33.3 Å². The third-order valence-electron chi connectivity index (χ3n) is 5.99. The van der Waals surface area contributed by atoms with Crippen LogP contribution in [0.5, 0.6) is 5.75 Å². The standard InChI is InChI=1S/C25H30N6O4S/c1-4-35-21-9-22(25-20(10-26)12-28-31(25)14-21)18-5-6-24(27-11-18)30-8-7-19(23(32)15-30)13-29-36(33,34)16-17(2)3/h5-6,9,11-14,17,19,23,32H,4,7-8,15-16H2,1-3H3/b29-13+/t19?,23-/m0/s1. The Kier molecular flexibility index (Phi) is 7.56. The predicted molar refractivity (Wildman–Crippen MR) is 138 cm³/mol. The molecule has 4 rings (SSSR count). The van der Waals surface area contributed by atoms with Crippen molar-refractivity contribution in [1.29, 1.82) is 5.26 Å². The van der Waals surface area contributed by atoms with Crippen LogP contribution in [0.1, 0.15) is 32.8 Å². The number of fused-ring (bicyclic) bond motifs is 1. The van der Waals surface area contributed by atoms with Crippen molar-refractivity contribution in [3.05, 3.63) is 42.4 Å². The van der Waals surface area contributed by atoms with Crippen LogP contribution >= 0.6 is 0 Å². The second-order valence-corrected chi connectivity index (χ2v) is 11.0. The Labute approximate surface area is 210 Å². The zero-order valence-electron chi connectivity index (χ0n) is 20.6. The van der Waals surface area contributed by atoms with E-state index >= 15 is 0 Å². The number of β-amino-alcohol motifs (C(OH)–C–C–N with tert-alkyl or cyclic N) is 1. The number of sulfonamides is 1. The average molecular weight is 511 g/mol. The van der Waals surface area contributed by atoms with E-state index in [1.807, 2.05) is 43.9 Å². The molecule has 10 nitrogen and oxygen atoms in total. The number of nitriles is 1. The Bertz CT molecular complexity index is 1390. The summed E-state index contributed by atoms with van der Waals surface area (Å²) in [4.78, 5) is 6.58. The molecular formula is C25H30N6O4S. The number of piperidine rings is 1. The molecule has 1 saturated heterocycles. The summed E-state index contributed by atoms with van der Waals surface area (Å²) < 4.78 is 35.2. The van der Waals surface area contributed by atoms with Gasteiger partial charge in [0.05, 0.1) is 41.9 Å². The average Bonchev–Trinajstić information content (AvgIpc) is 3.25. The summed E-state index contributed by atoms with van der Waals surface area (Å²) in [6, 6.07) is 7.85. The van der Waals surface area contributed by atoms with E-state index in [1.165, 1.54) is 12.4 Å². The van der Waals surface area contributed by atoms with Gasteiger partial charge in [-0.25, -0.2) is 17.9 Å². The lowest BCUT2D eigenvalue weighted by Crippen LogP contribution is -2.44. The molecule has 36 heavy (non-hydrogen) atoms. The number of pyridine rings is 2. The fourth-order valence-electron chi connectivity index (χ4n) is 4.34. The second-order valence-electron chi connectivity index (χ2n) is 9.25. The summed E-state index contributed by atoms with van der Waals surface area (Å²) in [5, 5.41) is 24.4. The number of nitrogens with zero attached hydrogens (tertiary/aromatic N) is 6. The van der Waals surface area contributed by atoms with E-state index < -0.39 is 16.1 Å². The van der Waals surface area contributed by atoms with Gasteiger partial charge in [-0.15, -0.1) is 0 Å². The first-order valence-corrected chi connectivity index (χ1v) is 13.5. The lowest BCUT2D eigenvalue weighted by molar-refractivity contribution is 0.127. The lowest BCUT2D eigenvalue weighted by atomic mass is 9.95. The zero-order chi connectivity index (χ0) is 25.9. The van der Waals surface area contributed by atoms with Crippen LogP contribution in [-0.2, 0) is 10.0 Å². The summed E-state index contributed by atoms with van der Waals surface area (Å²) in [7, 11) is -3.53. The number of aliphatic hydroxyl groups is 1. The van der Waals surface area contributed by atoms with Crippen LogP contribution < -0.4 is 9.64 Å². The van der Waals surface area contributed by atoms with Gasteiger partial charge in [0.25, 0.3) is 10.0 Å². The molecule has 0 bridgehead atoms. The molecule has 0 radical (unpaired) electrons. The fourth-order valence-corrected chi connectivity index (χ4v) is 5.61. The number of aromatic nitrogens is 3. The van der Waals surface area contributed by atoms with Crippen molar-refractivity contribution in [3.63, 3.8) is 0 Å². The van der Waals surface area contributed by atoms with Crippen LogP contribution in [0.25, 0.3) is 16.6 Å². The molecule has 3 aromatic heterocycles. The maximum Gasteiger partial charge on any atom is 0.253 e. The zero-order valence-corrected chi connectivity index (χ0v) is 21.4. The Morgan fingerprint density at radius 2 is 2.17 bits per heavy atom. The summed E-state index contributed by atoms with van der Waals surface area (Å²) in [6.45, 7) is 6.98. The molecule has 2 atom stereocenters. The van der Waals surface area contributed by atoms with Crippen LogP contribution in [0.3, 0.4) is 0 Å². The highest BCUT2D eigenvalue weighted by molar-refractivity contribution is 7.90. The van der Waals surface area contributed by atoms with Crippen molar-refractivity contribution in [3.8, 4) is 22.9 Å². The van der Waals surface area contributed by atoms with Crippen LogP contribution in [0.15, 0.2) is 41.2 Å². The maximum atomic E-state index is 12.1. The van der Waals surface area contributed by atoms with E-state index in [-0.39, 0.29) is 17.6 Å². The highest BCUT2D eigenvalue weighted by atomic mass is 32.2. The number of hydrogen-bond acceptors (Lipinski definition) is 8. The second kappa shape index (κ2) is 10.6. The third kappa shape index (κ3) is 5.66. The fraction of sp³-hybridized carbons (Fsp3) is 0.440. The highest BCUT2D eigenvalue weighted by Crippen LogP contribution is 2.32. The molecule has 11 heteroatoms. The first-order valence-electron chi connectivity index (χ1n) is 11.9. The summed E-state index contributed by atoms with van der Waals surface area (Å²) in [6.07, 6.45) is 6.18. The predicted octanol–water partition coefficient (Wildman–Crippen LogP) is 2.91. The smallest absolute Gasteiger partial charge is 0.253 e. The Balaban J connectivity index is 1.52. The third-order valence-corrected chi connectivity index (χ3v) is 7.52. The Morgan fingerprint density at radius 3 is 2.81 bits per heavy atom. The van der Waals surface area contributed by atoms with Crippen molar-refractivity contribution in [2.24, 2.45) is 16.2 Å². The molecule has 3 aromatic rings. The summed E-state index contributed by atoms with van der Waals surface area (Å²) >= 11 is 0. The molecule has 1 aliphatic heterocycles. The van der Waals surface area contributed by atoms with Gasteiger partial charge in [0.2, 0.25) is 0 Å². The molecular weight excluding hydrogens is 480 g/mol. The Morgan fingerprint density at radius 1 is 1.36 bits per heavy atom. The van der Waals surface area contributed by atoms with Crippen LogP contribution in [0.4, 0.5) is 5.82 Å². The molecule has 0 saturated carbocycles. The normalized spacial score (nSPS) is 18.7. The van der Waals surface area contributed by atoms with E-state index in [0.717, 1.165) is 11.1 Å². The molecule has 190 valence electrons. The van der Waals surface area contributed by atoms with Gasteiger partial charge >= 0.3 is 0 Å². The van der Waals surface area contributed by atoms with Crippen LogP contribution in [-0.4, -0.2) is 65.9 Å². The minimum absolute atomic E-state index is 0.00818. The van der Waals surface area contributed by atoms with Crippen LogP contribution in [0, 0.1) is 23.2 Å². The molecule has 0 spiro atoms. The van der Waals surface area contributed by atoms with Gasteiger partial charge in [0, 0.05) is 42.5 Å². The van der Waals surface area contributed by atoms with Gasteiger partial charge in [0.15, 0.2) is 0 Å². The van der Waals surface area contributed by atoms with Crippen molar-refractivity contribution in [1.82, 2.24) is 14.6 Å². The van der Waals surface area contributed by atoms with Gasteiger partial charge in [-0.2, -0.15) is 14.8 Å². The number of aliphatic hydroxyl groups excluding tert-OH is 1. The largest absolute Gasteiger partial charge is 0.492 e. The van der Waals surface area contributed by atoms with Crippen molar-refractivity contribution in [2.75, 3.05) is 30.3 Å². The number of anilines is 1. The minimum Gasteiger partial charge on any atom is -0.492 e. The van der Waals surface area contributed by atoms with Gasteiger partial charge in [0.1, 0.15) is 17.6 Å². The SMILES string of the molecule is CCOc1cc(-c2ccc(N3CCC(/C=N/S(=O)(=O)CC(C)C)[C@@H](O)C3)nc2)c2c(C#N)cnn2c1. The topological polar surface area (TPSA) is 133 Å². The first-order chi connectivity index (χ1) is 17.2. The molecule has 4 heterocycles. The van der Waals surface area contributed by atoms with E-state index in [0.29, 0.717) is 48.8 Å². The summed E-state index contributed by atoms with van der Waals surface area (Å²) in [5.74, 6) is 0.990. The number of hydrogen-bond donors (Lipinski definition) is 1. The molecule has 1 fully saturated rings. The molecule has 1 N–H and O–H groups in total. The molecule has 0 amide bonds. The minimum atomic E-state index is -3.53. The van der Waals surface area contributed by atoms with Gasteiger partial charge < -0.3 is 14.7 Å². The quantitative estimate of drug-likeness (QED) is 0.457. The first kappa shape index (κ1) is 25.6. The van der Waals surface area contributed by atoms with Gasteiger partial charge in [-0.1, -0.05) is 13.8 Å². The molecule has 1 unspecified atom stereocenters. The monoisotopic (exact) mass is 510 g/mol. The van der Waals surface area contributed by atoms with E-state index in [9.17, 15) is 18.8 Å². The van der Waals surface area contributed by atoms with Gasteiger partial charge in [-0.3, -0.25) is 0 Å². The molecule has 1 aliphatic rings. The number of ether oxygens (including phenoxy) is 1. The van der Waals surface area contributed by atoms with Gasteiger partial charge in [-0.05, 0) is 37.5 Å². The molecule has 0 aliphatic carbocycles. The van der Waals surface area contributed by atoms with Crippen LogP contribution in [0.2, 0.25) is 0 Å². The van der Waals surface area contributed by atoms with Crippen molar-refractivity contribution >= 4 is 27.6 Å². The lowest BCUT2D eigenvalue weighted by Gasteiger charge is -2.35.